The fourth-order valence-electron chi connectivity index (χ4n) is 0.826. The van der Waals surface area contributed by atoms with Crippen molar-refractivity contribution in [1.82, 2.24) is 4.98 Å². The van der Waals surface area contributed by atoms with Crippen LogP contribution in [-0.4, -0.2) is 24.6 Å². The average Bonchev–Trinajstić information content (AvgIpc) is 2.27. The van der Waals surface area contributed by atoms with Crippen molar-refractivity contribution in [3.63, 3.8) is 0 Å². The fourth-order valence-corrected chi connectivity index (χ4v) is 1.30. The van der Waals surface area contributed by atoms with Gasteiger partial charge in [0, 0.05) is 19.4 Å². The summed E-state index contributed by atoms with van der Waals surface area (Å²) in [6.07, 6.45) is 1.52. The molecule has 0 atom stereocenters. The molecule has 1 N–H and O–H groups in total. The molecule has 0 saturated heterocycles. The molecule has 0 saturated carbocycles. The molecule has 1 aromatic rings. The lowest BCUT2D eigenvalue weighted by Crippen LogP contribution is -2.17. The van der Waals surface area contributed by atoms with Crippen molar-refractivity contribution in [2.24, 2.45) is 0 Å². The highest BCUT2D eigenvalue weighted by atomic mass is 79.9. The Labute approximate surface area is 108 Å². The Balaban J connectivity index is 0.00000106. The van der Waals surface area contributed by atoms with Crippen LogP contribution < -0.4 is 5.32 Å². The molecule has 0 aliphatic heterocycles. The Morgan fingerprint density at radius 2 is 2.25 bits per heavy atom. The molecule has 1 amide bonds. The molecule has 0 aliphatic carbocycles. The van der Waals surface area contributed by atoms with E-state index < -0.39 is 0 Å². The summed E-state index contributed by atoms with van der Waals surface area (Å²) in [5, 5.41) is 2.94. The van der Waals surface area contributed by atoms with Crippen molar-refractivity contribution in [2.75, 3.05) is 19.0 Å². The van der Waals surface area contributed by atoms with Crippen LogP contribution in [0.1, 0.15) is 13.8 Å². The van der Waals surface area contributed by atoms with Crippen LogP contribution in [-0.2, 0) is 9.53 Å². The van der Waals surface area contributed by atoms with E-state index in [1.165, 1.54) is 13.3 Å². The molecule has 0 aromatic carbocycles. The molecule has 6 heteroatoms. The molecule has 0 unspecified atom stereocenters. The van der Waals surface area contributed by atoms with E-state index in [1.54, 1.807) is 6.07 Å². The minimum atomic E-state index is -0.240. The normalized spacial score (nSPS) is 9.06. The number of amides is 1. The van der Waals surface area contributed by atoms with Gasteiger partial charge in [-0.05, 0) is 15.9 Å². The molecular formula is C10H14BrClN2O2. The maximum Gasteiger partial charge on any atom is 0.250 e. The van der Waals surface area contributed by atoms with Gasteiger partial charge >= 0.3 is 0 Å². The lowest BCUT2D eigenvalue weighted by atomic mass is 10.4. The van der Waals surface area contributed by atoms with Crippen LogP contribution in [0.4, 0.5) is 5.69 Å². The molecule has 1 rings (SSSR count). The number of hydrogen-bond acceptors (Lipinski definition) is 3. The van der Waals surface area contributed by atoms with Gasteiger partial charge in [-0.1, -0.05) is 25.4 Å². The molecular weight excluding hydrogens is 295 g/mol. The smallest absolute Gasteiger partial charge is 0.250 e. The van der Waals surface area contributed by atoms with Gasteiger partial charge in [0.2, 0.25) is 5.91 Å². The number of carbonyl (C=O) groups is 1. The van der Waals surface area contributed by atoms with Gasteiger partial charge < -0.3 is 10.1 Å². The third kappa shape index (κ3) is 5.44. The van der Waals surface area contributed by atoms with Crippen LogP contribution in [0.2, 0.25) is 5.15 Å². The first-order chi connectivity index (χ1) is 7.63. The molecule has 4 nitrogen and oxygen atoms in total. The SMILES string of the molecule is CC.COCC(=O)Nc1cc(Cl)ncc1Br. The maximum atomic E-state index is 11.2. The zero-order valence-electron chi connectivity index (χ0n) is 9.38. The lowest BCUT2D eigenvalue weighted by Gasteiger charge is -2.06. The van der Waals surface area contributed by atoms with Crippen molar-refractivity contribution in [3.8, 4) is 0 Å². The molecule has 0 aliphatic rings. The highest BCUT2D eigenvalue weighted by molar-refractivity contribution is 9.10. The van der Waals surface area contributed by atoms with E-state index in [9.17, 15) is 4.79 Å². The second kappa shape index (κ2) is 8.50. The summed E-state index contributed by atoms with van der Waals surface area (Å²) in [7, 11) is 1.45. The average molecular weight is 310 g/mol. The topological polar surface area (TPSA) is 51.2 Å². The Hall–Kier alpha value is -0.650. The van der Waals surface area contributed by atoms with E-state index in [2.05, 4.69) is 31.0 Å². The minimum Gasteiger partial charge on any atom is -0.375 e. The first-order valence-corrected chi connectivity index (χ1v) is 5.90. The van der Waals surface area contributed by atoms with Gasteiger partial charge in [0.1, 0.15) is 11.8 Å². The molecule has 0 bridgehead atoms. The number of nitrogens with zero attached hydrogens (tertiary/aromatic N) is 1. The summed E-state index contributed by atoms with van der Waals surface area (Å²) in [5.74, 6) is -0.240. The van der Waals surface area contributed by atoms with Gasteiger partial charge in [-0.25, -0.2) is 4.98 Å². The first kappa shape index (κ1) is 15.3. The maximum absolute atomic E-state index is 11.2. The Morgan fingerprint density at radius 3 is 2.81 bits per heavy atom. The van der Waals surface area contributed by atoms with Gasteiger partial charge in [-0.3, -0.25) is 4.79 Å². The molecule has 0 spiro atoms. The number of hydrogen-bond donors (Lipinski definition) is 1. The predicted octanol–water partition coefficient (Wildman–Crippen LogP) is 3.11. The number of ether oxygens (including phenoxy) is 1. The second-order valence-corrected chi connectivity index (χ2v) is 3.71. The molecule has 0 radical (unpaired) electrons. The van der Waals surface area contributed by atoms with Gasteiger partial charge in [0.05, 0.1) is 10.2 Å². The molecule has 90 valence electrons. The lowest BCUT2D eigenvalue weighted by molar-refractivity contribution is -0.119. The monoisotopic (exact) mass is 308 g/mol. The molecule has 0 fully saturated rings. The summed E-state index contributed by atoms with van der Waals surface area (Å²) in [4.78, 5) is 15.0. The van der Waals surface area contributed by atoms with Crippen LogP contribution in [0, 0.1) is 0 Å². The van der Waals surface area contributed by atoms with Gasteiger partial charge in [0.15, 0.2) is 0 Å². The molecule has 1 aromatic heterocycles. The third-order valence-electron chi connectivity index (χ3n) is 1.37. The Morgan fingerprint density at radius 1 is 1.62 bits per heavy atom. The summed E-state index contributed by atoms with van der Waals surface area (Å²) in [6, 6.07) is 1.55. The van der Waals surface area contributed by atoms with Crippen LogP contribution >= 0.6 is 27.5 Å². The molecule has 1 heterocycles. The van der Waals surface area contributed by atoms with Crippen molar-refractivity contribution < 1.29 is 9.53 Å². The van der Waals surface area contributed by atoms with E-state index in [0.717, 1.165) is 0 Å². The number of methoxy groups -OCH3 is 1. The van der Waals surface area contributed by atoms with Gasteiger partial charge in [-0.2, -0.15) is 0 Å². The Kier molecular flexibility index (Phi) is 8.15. The number of nitrogens with one attached hydrogen (secondary N) is 1. The summed E-state index contributed by atoms with van der Waals surface area (Å²) in [6.45, 7) is 4.01. The quantitative estimate of drug-likeness (QED) is 0.873. The predicted molar refractivity (Wildman–Crippen MR) is 68.8 cm³/mol. The highest BCUT2D eigenvalue weighted by Gasteiger charge is 2.05. The second-order valence-electron chi connectivity index (χ2n) is 2.47. The van der Waals surface area contributed by atoms with Crippen molar-refractivity contribution in [1.29, 1.82) is 0 Å². The third-order valence-corrected chi connectivity index (χ3v) is 2.21. The summed E-state index contributed by atoms with van der Waals surface area (Å²) in [5.41, 5.74) is 0.576. The van der Waals surface area contributed by atoms with E-state index in [1.807, 2.05) is 13.8 Å². The van der Waals surface area contributed by atoms with E-state index >= 15 is 0 Å². The van der Waals surface area contributed by atoms with Crippen LogP contribution in [0.15, 0.2) is 16.7 Å². The van der Waals surface area contributed by atoms with E-state index in [4.69, 9.17) is 11.6 Å². The standard InChI is InChI=1S/C8H8BrClN2O2.C2H6/c1-14-4-8(13)12-6-2-7(10)11-3-5(6)9;1-2/h2-3H,4H2,1H3,(H,11,12,13);1-2H3. The van der Waals surface area contributed by atoms with Gasteiger partial charge in [0.25, 0.3) is 0 Å². The van der Waals surface area contributed by atoms with Crippen molar-refractivity contribution in [2.45, 2.75) is 13.8 Å². The van der Waals surface area contributed by atoms with Crippen molar-refractivity contribution in [3.05, 3.63) is 21.9 Å². The van der Waals surface area contributed by atoms with Crippen LogP contribution in [0.5, 0.6) is 0 Å². The number of halogens is 2. The van der Waals surface area contributed by atoms with Crippen LogP contribution in [0.3, 0.4) is 0 Å². The number of anilines is 1. The number of carbonyl (C=O) groups excluding carboxylic acids is 1. The molecule has 16 heavy (non-hydrogen) atoms. The minimum absolute atomic E-state index is 0.00633. The zero-order valence-corrected chi connectivity index (χ0v) is 11.7. The summed E-state index contributed by atoms with van der Waals surface area (Å²) >= 11 is 8.90. The number of aromatic nitrogens is 1. The van der Waals surface area contributed by atoms with E-state index in [0.29, 0.717) is 15.3 Å². The number of pyridine rings is 1. The fraction of sp³-hybridized carbons (Fsp3) is 0.400. The van der Waals surface area contributed by atoms with Crippen LogP contribution in [0.25, 0.3) is 0 Å². The summed E-state index contributed by atoms with van der Waals surface area (Å²) < 4.78 is 5.34. The largest absolute Gasteiger partial charge is 0.375 e. The Bertz CT molecular complexity index is 348. The first-order valence-electron chi connectivity index (χ1n) is 4.73. The van der Waals surface area contributed by atoms with E-state index in [-0.39, 0.29) is 12.5 Å². The van der Waals surface area contributed by atoms with Crippen molar-refractivity contribution >= 4 is 39.1 Å². The van der Waals surface area contributed by atoms with Gasteiger partial charge in [-0.15, -0.1) is 0 Å². The zero-order chi connectivity index (χ0) is 12.6. The highest BCUT2D eigenvalue weighted by Crippen LogP contribution is 2.23. The number of rotatable bonds is 3.